The molecule has 0 aromatic heterocycles. The van der Waals surface area contributed by atoms with E-state index in [1.807, 2.05) is 47.4 Å². The van der Waals surface area contributed by atoms with Crippen LogP contribution >= 0.6 is 0 Å². The number of rotatable bonds is 6. The smallest absolute Gasteiger partial charge is 0.307 e. The summed E-state index contributed by atoms with van der Waals surface area (Å²) in [4.78, 5) is 15.4. The molecule has 0 atom stereocenters. The minimum atomic E-state index is -0.113. The van der Waals surface area contributed by atoms with Gasteiger partial charge >= 0.3 is 6.03 Å². The van der Waals surface area contributed by atoms with E-state index in [4.69, 9.17) is 0 Å². The molecule has 0 radical (unpaired) electrons. The lowest BCUT2D eigenvalue weighted by Gasteiger charge is -2.26. The predicted octanol–water partition coefficient (Wildman–Crippen LogP) is 7.48. The summed E-state index contributed by atoms with van der Waals surface area (Å²) in [5.41, 5.74) is 6.42. The van der Waals surface area contributed by atoms with Gasteiger partial charge in [-0.1, -0.05) is 93.9 Å². The molecule has 0 fully saturated rings. The number of carbonyl (C=O) groups is 1. The van der Waals surface area contributed by atoms with Gasteiger partial charge in [-0.25, -0.2) is 4.79 Å². The first-order valence-corrected chi connectivity index (χ1v) is 10.7. The minimum absolute atomic E-state index is 0.113. The first kappa shape index (κ1) is 21.6. The molecule has 0 aliphatic heterocycles. The SMILES string of the molecule is Cc1ccc(N(Cc2ccccc2)C(=O)Nc2c(C(C)C)cccc2C(C)C)cc1. The van der Waals surface area contributed by atoms with Gasteiger partial charge in [0.2, 0.25) is 0 Å². The molecule has 3 nitrogen and oxygen atoms in total. The van der Waals surface area contributed by atoms with Crippen LogP contribution in [-0.4, -0.2) is 6.03 Å². The average Bonchev–Trinajstić information content (AvgIpc) is 2.73. The van der Waals surface area contributed by atoms with Crippen LogP contribution in [-0.2, 0) is 6.54 Å². The highest BCUT2D eigenvalue weighted by Gasteiger charge is 2.21. The number of amides is 2. The van der Waals surface area contributed by atoms with E-state index in [9.17, 15) is 4.79 Å². The summed E-state index contributed by atoms with van der Waals surface area (Å²) in [6.45, 7) is 11.2. The number of carbonyl (C=O) groups excluding carboxylic acids is 1. The fourth-order valence-corrected chi connectivity index (χ4v) is 3.64. The van der Waals surface area contributed by atoms with Gasteiger partial charge in [0.25, 0.3) is 0 Å². The van der Waals surface area contributed by atoms with Crippen LogP contribution in [0.2, 0.25) is 0 Å². The lowest BCUT2D eigenvalue weighted by atomic mass is 9.93. The van der Waals surface area contributed by atoms with Gasteiger partial charge in [-0.3, -0.25) is 4.90 Å². The molecule has 1 N–H and O–H groups in total. The highest BCUT2D eigenvalue weighted by molar-refractivity contribution is 6.02. The third kappa shape index (κ3) is 5.10. The van der Waals surface area contributed by atoms with Crippen LogP contribution in [0.15, 0.2) is 72.8 Å². The van der Waals surface area contributed by atoms with E-state index in [-0.39, 0.29) is 6.03 Å². The maximum Gasteiger partial charge on any atom is 0.326 e. The Hall–Kier alpha value is -3.07. The Morgan fingerprint density at radius 3 is 1.90 bits per heavy atom. The zero-order valence-electron chi connectivity index (χ0n) is 18.6. The number of aryl methyl sites for hydroxylation is 1. The van der Waals surface area contributed by atoms with Gasteiger partial charge in [0.05, 0.1) is 6.54 Å². The summed E-state index contributed by atoms with van der Waals surface area (Å²) >= 11 is 0. The maximum atomic E-state index is 13.6. The van der Waals surface area contributed by atoms with E-state index in [1.165, 1.54) is 5.56 Å². The Balaban J connectivity index is 1.99. The second-order valence-electron chi connectivity index (χ2n) is 8.46. The van der Waals surface area contributed by atoms with Crippen LogP contribution in [0.1, 0.15) is 61.8 Å². The molecular weight excluding hydrogens is 368 g/mol. The van der Waals surface area contributed by atoms with E-state index in [0.29, 0.717) is 18.4 Å². The fourth-order valence-electron chi connectivity index (χ4n) is 3.64. The van der Waals surface area contributed by atoms with Crippen molar-refractivity contribution in [2.24, 2.45) is 0 Å². The topological polar surface area (TPSA) is 32.3 Å². The molecule has 0 aliphatic rings. The molecule has 0 saturated carbocycles. The van der Waals surface area contributed by atoms with Crippen molar-refractivity contribution < 1.29 is 4.79 Å². The normalized spacial score (nSPS) is 11.0. The van der Waals surface area contributed by atoms with Crippen LogP contribution in [0.25, 0.3) is 0 Å². The summed E-state index contributed by atoms with van der Waals surface area (Å²) in [5, 5.41) is 3.26. The largest absolute Gasteiger partial charge is 0.326 e. The van der Waals surface area contributed by atoms with E-state index in [2.05, 4.69) is 70.3 Å². The first-order valence-electron chi connectivity index (χ1n) is 10.7. The van der Waals surface area contributed by atoms with Crippen molar-refractivity contribution in [3.63, 3.8) is 0 Å². The minimum Gasteiger partial charge on any atom is -0.307 e. The summed E-state index contributed by atoms with van der Waals surface area (Å²) < 4.78 is 0. The highest BCUT2D eigenvalue weighted by Crippen LogP contribution is 2.33. The van der Waals surface area contributed by atoms with Gasteiger partial charge in [0.15, 0.2) is 0 Å². The van der Waals surface area contributed by atoms with E-state index in [1.54, 1.807) is 0 Å². The molecule has 2 amide bonds. The average molecular weight is 401 g/mol. The zero-order valence-corrected chi connectivity index (χ0v) is 18.6. The summed E-state index contributed by atoms with van der Waals surface area (Å²) in [7, 11) is 0. The number of hydrogen-bond acceptors (Lipinski definition) is 1. The Kier molecular flexibility index (Phi) is 6.94. The molecule has 0 saturated heterocycles. The van der Waals surface area contributed by atoms with Gasteiger partial charge in [-0.2, -0.15) is 0 Å². The predicted molar refractivity (Wildman–Crippen MR) is 127 cm³/mol. The molecule has 156 valence electrons. The molecule has 0 heterocycles. The second-order valence-corrected chi connectivity index (χ2v) is 8.46. The van der Waals surface area contributed by atoms with Gasteiger partial charge in [0.1, 0.15) is 0 Å². The lowest BCUT2D eigenvalue weighted by Crippen LogP contribution is -2.35. The molecular formula is C27H32N2O. The van der Waals surface area contributed by atoms with Gasteiger partial charge in [-0.15, -0.1) is 0 Å². The highest BCUT2D eigenvalue weighted by atomic mass is 16.2. The Morgan fingerprint density at radius 1 is 0.800 bits per heavy atom. The Morgan fingerprint density at radius 2 is 1.37 bits per heavy atom. The third-order valence-corrected chi connectivity index (χ3v) is 5.38. The van der Waals surface area contributed by atoms with E-state index >= 15 is 0 Å². The second kappa shape index (κ2) is 9.62. The number of nitrogens with zero attached hydrogens (tertiary/aromatic N) is 1. The molecule has 3 aromatic carbocycles. The van der Waals surface area contributed by atoms with Crippen molar-refractivity contribution in [3.05, 3.63) is 95.1 Å². The van der Waals surface area contributed by atoms with Gasteiger partial charge in [-0.05, 0) is 47.6 Å². The van der Waals surface area contributed by atoms with Crippen LogP contribution in [0.5, 0.6) is 0 Å². The Bertz CT molecular complexity index is 949. The van der Waals surface area contributed by atoms with Crippen LogP contribution < -0.4 is 10.2 Å². The standard InChI is InChI=1S/C27H32N2O/c1-19(2)24-12-9-13-25(20(3)4)26(24)28-27(30)29(18-22-10-7-6-8-11-22)23-16-14-21(5)15-17-23/h6-17,19-20H,18H2,1-5H3,(H,28,30). The van der Waals surface area contributed by atoms with E-state index < -0.39 is 0 Å². The summed E-state index contributed by atoms with van der Waals surface area (Å²) in [6, 6.07) is 24.4. The quantitative estimate of drug-likeness (QED) is 0.457. The van der Waals surface area contributed by atoms with Crippen molar-refractivity contribution in [1.29, 1.82) is 0 Å². The Labute approximate surface area is 180 Å². The molecule has 0 unspecified atom stereocenters. The fraction of sp³-hybridized carbons (Fsp3) is 0.296. The number of para-hydroxylation sites is 1. The lowest BCUT2D eigenvalue weighted by molar-refractivity contribution is 0.256. The molecule has 0 spiro atoms. The van der Waals surface area contributed by atoms with Gasteiger partial charge < -0.3 is 5.32 Å². The molecule has 3 rings (SSSR count). The number of anilines is 2. The number of nitrogens with one attached hydrogen (secondary N) is 1. The van der Waals surface area contributed by atoms with Crippen LogP contribution in [0, 0.1) is 6.92 Å². The molecule has 0 aliphatic carbocycles. The first-order chi connectivity index (χ1) is 14.4. The maximum absolute atomic E-state index is 13.6. The summed E-state index contributed by atoms with van der Waals surface area (Å²) in [5.74, 6) is 0.641. The van der Waals surface area contributed by atoms with Crippen molar-refractivity contribution >= 4 is 17.4 Å². The monoisotopic (exact) mass is 400 g/mol. The molecule has 3 heteroatoms. The van der Waals surface area contributed by atoms with E-state index in [0.717, 1.165) is 28.1 Å². The van der Waals surface area contributed by atoms with Crippen molar-refractivity contribution in [3.8, 4) is 0 Å². The van der Waals surface area contributed by atoms with Crippen molar-refractivity contribution in [1.82, 2.24) is 0 Å². The van der Waals surface area contributed by atoms with Crippen LogP contribution in [0.4, 0.5) is 16.2 Å². The van der Waals surface area contributed by atoms with Crippen LogP contribution in [0.3, 0.4) is 0 Å². The van der Waals surface area contributed by atoms with Crippen molar-refractivity contribution in [2.75, 3.05) is 10.2 Å². The van der Waals surface area contributed by atoms with Crippen molar-refractivity contribution in [2.45, 2.75) is 53.0 Å². The third-order valence-electron chi connectivity index (χ3n) is 5.38. The van der Waals surface area contributed by atoms with Gasteiger partial charge in [0, 0.05) is 11.4 Å². The molecule has 30 heavy (non-hydrogen) atoms. The number of urea groups is 1. The number of benzene rings is 3. The molecule has 3 aromatic rings. The summed E-state index contributed by atoms with van der Waals surface area (Å²) in [6.07, 6.45) is 0. The number of hydrogen-bond donors (Lipinski definition) is 1. The zero-order chi connectivity index (χ0) is 21.7. The molecule has 0 bridgehead atoms.